The average molecular weight is 487 g/mol. The second kappa shape index (κ2) is 7.91. The highest BCUT2D eigenvalue weighted by Gasteiger charge is 2.34. The molecule has 3 heterocycles. The highest BCUT2D eigenvalue weighted by Crippen LogP contribution is 2.36. The number of aryl methyl sites for hydroxylation is 2. The summed E-state index contributed by atoms with van der Waals surface area (Å²) in [5.74, 6) is -1.22. The number of likely N-dealkylation sites (N-methyl/N-ethyl adjacent to an activating group) is 1. The second-order valence-corrected chi connectivity index (χ2v) is 8.64. The topological polar surface area (TPSA) is 86.3 Å². The summed E-state index contributed by atoms with van der Waals surface area (Å²) >= 11 is 0. The van der Waals surface area contributed by atoms with Crippen LogP contribution in [0.2, 0.25) is 0 Å². The van der Waals surface area contributed by atoms with Crippen LogP contribution in [0.25, 0.3) is 21.8 Å². The first-order valence-corrected chi connectivity index (χ1v) is 10.7. The van der Waals surface area contributed by atoms with Crippen molar-refractivity contribution in [2.75, 3.05) is 19.4 Å². The van der Waals surface area contributed by atoms with E-state index in [2.05, 4.69) is 10.1 Å². The number of amides is 1. The lowest BCUT2D eigenvalue weighted by Gasteiger charge is -2.33. The zero-order chi connectivity index (χ0) is 25.2. The number of hydrogen-bond donors (Lipinski definition) is 1. The summed E-state index contributed by atoms with van der Waals surface area (Å²) in [6.07, 6.45) is -4.50. The first kappa shape index (κ1) is 23.0. The molecule has 1 aliphatic heterocycles. The Morgan fingerprint density at radius 3 is 2.71 bits per heavy atom. The molecule has 0 unspecified atom stereocenters. The molecule has 0 bridgehead atoms. The van der Waals surface area contributed by atoms with E-state index in [4.69, 9.17) is 10.5 Å². The number of ether oxygens (including phenoxy) is 1. The Balaban J connectivity index is 1.58. The Hall–Kier alpha value is -3.73. The third-order valence-corrected chi connectivity index (χ3v) is 6.44. The Morgan fingerprint density at radius 1 is 1.26 bits per heavy atom. The van der Waals surface area contributed by atoms with Gasteiger partial charge in [-0.15, -0.1) is 0 Å². The summed E-state index contributed by atoms with van der Waals surface area (Å²) in [6, 6.07) is 5.22. The zero-order valence-corrected chi connectivity index (χ0v) is 19.1. The van der Waals surface area contributed by atoms with Crippen LogP contribution in [0.15, 0.2) is 30.3 Å². The van der Waals surface area contributed by atoms with Crippen molar-refractivity contribution in [3.63, 3.8) is 0 Å². The fraction of sp³-hybridized carbons (Fsp3) is 0.292. The van der Waals surface area contributed by atoms with Crippen LogP contribution >= 0.6 is 0 Å². The monoisotopic (exact) mass is 487 g/mol. The Labute approximate surface area is 197 Å². The van der Waals surface area contributed by atoms with Crippen molar-refractivity contribution in [3.8, 4) is 0 Å². The second-order valence-electron chi connectivity index (χ2n) is 8.64. The maximum Gasteiger partial charge on any atom is 0.416 e. The van der Waals surface area contributed by atoms with E-state index in [0.717, 1.165) is 18.2 Å². The van der Waals surface area contributed by atoms with Crippen LogP contribution in [-0.4, -0.2) is 39.2 Å². The lowest BCUT2D eigenvalue weighted by molar-refractivity contribution is -0.137. The van der Waals surface area contributed by atoms with Gasteiger partial charge in [0.25, 0.3) is 5.91 Å². The number of carbonyl (C=O) groups is 1. The molecule has 182 valence electrons. The van der Waals surface area contributed by atoms with Gasteiger partial charge in [0.2, 0.25) is 0 Å². The lowest BCUT2D eigenvalue weighted by Crippen LogP contribution is -2.36. The summed E-state index contributed by atoms with van der Waals surface area (Å²) in [6.45, 7) is 1.84. The zero-order valence-electron chi connectivity index (χ0n) is 19.1. The van der Waals surface area contributed by atoms with Gasteiger partial charge in [-0.1, -0.05) is 6.07 Å². The number of aromatic nitrogens is 3. The molecule has 0 fully saturated rings. The molecule has 0 aliphatic carbocycles. The number of halogens is 4. The van der Waals surface area contributed by atoms with E-state index in [9.17, 15) is 18.0 Å². The highest BCUT2D eigenvalue weighted by molar-refractivity contribution is 6.11. The summed E-state index contributed by atoms with van der Waals surface area (Å²) in [5, 5.41) is 5.49. The SMILES string of the molecule is Cc1nn(C)c2c1c(N)nc1cc(F)c(C(=O)N(C)[C@@H]3COCc4cc(C(F)(F)F)ccc43)cc12. The van der Waals surface area contributed by atoms with Crippen LogP contribution in [0.5, 0.6) is 0 Å². The number of rotatable bonds is 2. The molecule has 1 aliphatic rings. The molecular weight excluding hydrogens is 466 g/mol. The van der Waals surface area contributed by atoms with Crippen LogP contribution in [0, 0.1) is 12.7 Å². The van der Waals surface area contributed by atoms with Gasteiger partial charge in [-0.2, -0.15) is 18.3 Å². The minimum Gasteiger partial charge on any atom is -0.383 e. The van der Waals surface area contributed by atoms with Gasteiger partial charge < -0.3 is 15.4 Å². The van der Waals surface area contributed by atoms with Crippen LogP contribution in [0.3, 0.4) is 0 Å². The molecular formula is C24H21F4N5O2. The van der Waals surface area contributed by atoms with Gasteiger partial charge in [0.15, 0.2) is 0 Å². The van der Waals surface area contributed by atoms with Crippen molar-refractivity contribution < 1.29 is 27.1 Å². The number of benzene rings is 2. The Bertz CT molecular complexity index is 1510. The van der Waals surface area contributed by atoms with Gasteiger partial charge in [0, 0.05) is 25.5 Å². The van der Waals surface area contributed by atoms with Gasteiger partial charge in [0.05, 0.1) is 52.5 Å². The van der Waals surface area contributed by atoms with Crippen LogP contribution in [0.1, 0.15) is 38.8 Å². The first-order chi connectivity index (χ1) is 16.5. The van der Waals surface area contributed by atoms with Crippen molar-refractivity contribution in [2.24, 2.45) is 7.05 Å². The molecule has 2 aromatic carbocycles. The maximum atomic E-state index is 15.1. The van der Waals surface area contributed by atoms with Crippen LogP contribution < -0.4 is 5.73 Å². The van der Waals surface area contributed by atoms with E-state index in [1.807, 2.05) is 0 Å². The number of fused-ring (bicyclic) bond motifs is 4. The number of nitrogens with two attached hydrogens (primary N) is 1. The quantitative estimate of drug-likeness (QED) is 0.421. The lowest BCUT2D eigenvalue weighted by atomic mass is 9.95. The molecule has 1 atom stereocenters. The van der Waals surface area contributed by atoms with Crippen molar-refractivity contribution in [2.45, 2.75) is 25.7 Å². The number of nitrogens with zero attached hydrogens (tertiary/aromatic N) is 4. The number of nitrogen functional groups attached to an aromatic ring is 1. The summed E-state index contributed by atoms with van der Waals surface area (Å²) < 4.78 is 61.6. The van der Waals surface area contributed by atoms with E-state index in [-0.39, 0.29) is 30.1 Å². The van der Waals surface area contributed by atoms with Crippen molar-refractivity contribution in [1.29, 1.82) is 0 Å². The predicted octanol–water partition coefficient (Wildman–Crippen LogP) is 4.51. The average Bonchev–Trinajstić information content (AvgIpc) is 3.11. The Morgan fingerprint density at radius 2 is 2.00 bits per heavy atom. The molecule has 0 saturated carbocycles. The van der Waals surface area contributed by atoms with E-state index in [1.54, 1.807) is 18.7 Å². The molecule has 5 rings (SSSR count). The van der Waals surface area contributed by atoms with Gasteiger partial charge in [-0.05, 0) is 36.2 Å². The van der Waals surface area contributed by atoms with Crippen molar-refractivity contribution in [1.82, 2.24) is 19.7 Å². The molecule has 2 aromatic heterocycles. The molecule has 11 heteroatoms. The molecule has 4 aromatic rings. The van der Waals surface area contributed by atoms with Gasteiger partial charge in [0.1, 0.15) is 11.6 Å². The van der Waals surface area contributed by atoms with E-state index < -0.39 is 29.5 Å². The summed E-state index contributed by atoms with van der Waals surface area (Å²) in [5.41, 5.74) is 7.48. The molecule has 0 saturated heterocycles. The summed E-state index contributed by atoms with van der Waals surface area (Å²) in [7, 11) is 3.19. The Kier molecular flexibility index (Phi) is 5.20. The van der Waals surface area contributed by atoms with Gasteiger partial charge in [-0.3, -0.25) is 9.48 Å². The smallest absolute Gasteiger partial charge is 0.383 e. The van der Waals surface area contributed by atoms with E-state index in [1.165, 1.54) is 24.1 Å². The molecule has 0 spiro atoms. The van der Waals surface area contributed by atoms with Crippen LogP contribution in [-0.2, 0) is 24.6 Å². The van der Waals surface area contributed by atoms with Gasteiger partial charge >= 0.3 is 6.18 Å². The van der Waals surface area contributed by atoms with Crippen LogP contribution in [0.4, 0.5) is 23.4 Å². The highest BCUT2D eigenvalue weighted by atomic mass is 19.4. The number of hydrogen-bond acceptors (Lipinski definition) is 5. The van der Waals surface area contributed by atoms with E-state index >= 15 is 4.39 Å². The minimum absolute atomic E-state index is 0.00691. The molecule has 7 nitrogen and oxygen atoms in total. The fourth-order valence-corrected chi connectivity index (χ4v) is 4.72. The third-order valence-electron chi connectivity index (χ3n) is 6.44. The molecule has 1 amide bonds. The number of alkyl halides is 3. The molecule has 2 N–H and O–H groups in total. The largest absolute Gasteiger partial charge is 0.416 e. The summed E-state index contributed by atoms with van der Waals surface area (Å²) in [4.78, 5) is 19.0. The fourth-order valence-electron chi connectivity index (χ4n) is 4.72. The number of pyridine rings is 1. The molecule has 0 radical (unpaired) electrons. The van der Waals surface area contributed by atoms with Gasteiger partial charge in [-0.25, -0.2) is 9.37 Å². The van der Waals surface area contributed by atoms with Crippen molar-refractivity contribution in [3.05, 3.63) is 64.1 Å². The predicted molar refractivity (Wildman–Crippen MR) is 121 cm³/mol. The minimum atomic E-state index is -4.50. The van der Waals surface area contributed by atoms with E-state index in [0.29, 0.717) is 33.1 Å². The number of carbonyl (C=O) groups excluding carboxylic acids is 1. The van der Waals surface area contributed by atoms with Crippen molar-refractivity contribution >= 4 is 33.5 Å². The maximum absolute atomic E-state index is 15.1. The normalized spacial score (nSPS) is 16.0. The standard InChI is InChI=1S/C24H21F4N5O2/c1-11-20-21(33(3)31-11)16-7-15(17(25)8-18(16)30-22(20)29)23(34)32(2)19-10-35-9-12-6-13(24(26,27)28)4-5-14(12)19/h4-8,19H,9-10H2,1-3H3,(H2,29,30)/t19-/m1/s1. The first-order valence-electron chi connectivity index (χ1n) is 10.7. The molecule has 35 heavy (non-hydrogen) atoms. The number of anilines is 1. The third kappa shape index (κ3) is 3.66.